The quantitative estimate of drug-likeness (QED) is 0.826. The summed E-state index contributed by atoms with van der Waals surface area (Å²) in [7, 11) is 0. The summed E-state index contributed by atoms with van der Waals surface area (Å²) >= 11 is 0. The van der Waals surface area contributed by atoms with Crippen LogP contribution in [0.25, 0.3) is 0 Å². The van der Waals surface area contributed by atoms with E-state index in [2.05, 4.69) is 27.4 Å². The highest BCUT2D eigenvalue weighted by Crippen LogP contribution is 2.21. The maximum atomic E-state index is 11.9. The average Bonchev–Trinajstić information content (AvgIpc) is 3.20. The Morgan fingerprint density at radius 3 is 2.69 bits per heavy atom. The number of rotatable bonds is 6. The number of nitrogens with one attached hydrogen (secondary N) is 2. The number of carbonyl (C=O) groups is 2. The number of hydrogen-bond acceptors (Lipinski definition) is 5. The summed E-state index contributed by atoms with van der Waals surface area (Å²) in [5, 5.41) is 5.32. The van der Waals surface area contributed by atoms with E-state index in [1.54, 1.807) is 12.3 Å². The molecule has 1 aliphatic rings. The number of anilines is 1. The molecule has 0 saturated carbocycles. The molecule has 7 heteroatoms. The molecule has 0 bridgehead atoms. The Morgan fingerprint density at radius 1 is 1.23 bits per heavy atom. The van der Waals surface area contributed by atoms with Crippen LogP contribution in [-0.4, -0.2) is 36.4 Å². The maximum absolute atomic E-state index is 11.9. The largest absolute Gasteiger partial charge is 0.472 e. The number of carbonyl (C=O) groups excluding carboxylic acids is 2. The zero-order valence-corrected chi connectivity index (χ0v) is 14.9. The summed E-state index contributed by atoms with van der Waals surface area (Å²) in [5.41, 5.74) is 1.32. The van der Waals surface area contributed by atoms with Crippen LogP contribution in [0.2, 0.25) is 0 Å². The summed E-state index contributed by atoms with van der Waals surface area (Å²) in [6.07, 6.45) is 6.94. The summed E-state index contributed by atoms with van der Waals surface area (Å²) < 4.78 is 4.83. The first kappa shape index (κ1) is 18.0. The van der Waals surface area contributed by atoms with E-state index < -0.39 is 0 Å². The second kappa shape index (κ2) is 8.51. The average molecular weight is 356 g/mol. The van der Waals surface area contributed by atoms with E-state index in [0.717, 1.165) is 30.4 Å². The summed E-state index contributed by atoms with van der Waals surface area (Å²) in [6, 6.07) is 5.52. The van der Waals surface area contributed by atoms with Crippen molar-refractivity contribution in [2.24, 2.45) is 5.92 Å². The third-order valence-corrected chi connectivity index (χ3v) is 4.60. The van der Waals surface area contributed by atoms with Gasteiger partial charge in [0.2, 0.25) is 5.91 Å². The van der Waals surface area contributed by atoms with Crippen molar-refractivity contribution in [1.29, 1.82) is 0 Å². The second-order valence-corrected chi connectivity index (χ2v) is 6.67. The first-order chi connectivity index (χ1) is 12.6. The Balaban J connectivity index is 1.41. The minimum Gasteiger partial charge on any atom is -0.472 e. The first-order valence-corrected chi connectivity index (χ1v) is 8.89. The summed E-state index contributed by atoms with van der Waals surface area (Å²) in [4.78, 5) is 30.4. The molecule has 26 heavy (non-hydrogen) atoms. The molecule has 0 atom stereocenters. The van der Waals surface area contributed by atoms with Gasteiger partial charge in [0.25, 0.3) is 5.91 Å². The van der Waals surface area contributed by atoms with Crippen molar-refractivity contribution >= 4 is 17.6 Å². The Bertz CT molecular complexity index is 720. The van der Waals surface area contributed by atoms with Gasteiger partial charge in [-0.25, -0.2) is 4.98 Å². The van der Waals surface area contributed by atoms with Gasteiger partial charge in [-0.05, 0) is 36.5 Å². The standard InChI is InChI=1S/C19H24N4O3/c1-14-4-7-23(8-5-14)17-3-2-15(10-20-17)11-21-18(24)12-22-19(25)16-6-9-26-13-16/h2-3,6,9-10,13-14H,4-5,7-8,11-12H2,1H3,(H,21,24)(H,22,25). The minimum absolute atomic E-state index is 0.0819. The molecule has 3 heterocycles. The third-order valence-electron chi connectivity index (χ3n) is 4.60. The summed E-state index contributed by atoms with van der Waals surface area (Å²) in [6.45, 7) is 4.67. The molecule has 2 aromatic rings. The van der Waals surface area contributed by atoms with Crippen molar-refractivity contribution in [1.82, 2.24) is 15.6 Å². The van der Waals surface area contributed by atoms with Gasteiger partial charge in [0, 0.05) is 25.8 Å². The molecule has 7 nitrogen and oxygen atoms in total. The number of amides is 2. The van der Waals surface area contributed by atoms with E-state index in [1.807, 2.05) is 12.1 Å². The van der Waals surface area contributed by atoms with Gasteiger partial charge >= 0.3 is 0 Å². The highest BCUT2D eigenvalue weighted by Gasteiger charge is 2.16. The van der Waals surface area contributed by atoms with Crippen LogP contribution in [0.4, 0.5) is 5.82 Å². The smallest absolute Gasteiger partial charge is 0.254 e. The number of nitrogens with zero attached hydrogens (tertiary/aromatic N) is 2. The van der Waals surface area contributed by atoms with Crippen LogP contribution in [0.15, 0.2) is 41.3 Å². The van der Waals surface area contributed by atoms with Crippen molar-refractivity contribution in [3.63, 3.8) is 0 Å². The summed E-state index contributed by atoms with van der Waals surface area (Å²) in [5.74, 6) is 1.18. The molecular formula is C19H24N4O3. The van der Waals surface area contributed by atoms with Gasteiger partial charge in [-0.2, -0.15) is 0 Å². The second-order valence-electron chi connectivity index (χ2n) is 6.67. The lowest BCUT2D eigenvalue weighted by Crippen LogP contribution is -2.36. The van der Waals surface area contributed by atoms with Crippen molar-refractivity contribution in [2.45, 2.75) is 26.3 Å². The molecule has 2 N–H and O–H groups in total. The number of piperidine rings is 1. The van der Waals surface area contributed by atoms with Crippen LogP contribution >= 0.6 is 0 Å². The van der Waals surface area contributed by atoms with Crippen LogP contribution in [0, 0.1) is 5.92 Å². The molecule has 1 aliphatic heterocycles. The zero-order chi connectivity index (χ0) is 18.4. The van der Waals surface area contributed by atoms with Gasteiger partial charge < -0.3 is 20.0 Å². The predicted octanol–water partition coefficient (Wildman–Crippen LogP) is 1.96. The fraction of sp³-hybridized carbons (Fsp3) is 0.421. The number of hydrogen-bond donors (Lipinski definition) is 2. The number of aromatic nitrogens is 1. The van der Waals surface area contributed by atoms with Gasteiger partial charge in [-0.3, -0.25) is 9.59 Å². The molecule has 138 valence electrons. The van der Waals surface area contributed by atoms with Crippen LogP contribution in [0.1, 0.15) is 35.7 Å². The molecule has 0 unspecified atom stereocenters. The molecule has 2 amide bonds. The zero-order valence-electron chi connectivity index (χ0n) is 14.9. The van der Waals surface area contributed by atoms with Gasteiger partial charge in [-0.1, -0.05) is 13.0 Å². The molecule has 0 aromatic carbocycles. The van der Waals surface area contributed by atoms with Gasteiger partial charge in [0.05, 0.1) is 18.4 Å². The van der Waals surface area contributed by atoms with Crippen molar-refractivity contribution < 1.29 is 14.0 Å². The Kier molecular flexibility index (Phi) is 5.88. The number of furan rings is 1. The van der Waals surface area contributed by atoms with Crippen molar-refractivity contribution in [3.8, 4) is 0 Å². The predicted molar refractivity (Wildman–Crippen MR) is 97.7 cm³/mol. The third kappa shape index (κ3) is 4.84. The molecular weight excluding hydrogens is 332 g/mol. The molecule has 3 rings (SSSR count). The lowest BCUT2D eigenvalue weighted by molar-refractivity contribution is -0.120. The first-order valence-electron chi connectivity index (χ1n) is 8.89. The Hall–Kier alpha value is -2.83. The molecule has 1 saturated heterocycles. The van der Waals surface area contributed by atoms with Crippen LogP contribution in [-0.2, 0) is 11.3 Å². The lowest BCUT2D eigenvalue weighted by Gasteiger charge is -2.31. The van der Waals surface area contributed by atoms with E-state index in [-0.39, 0.29) is 18.4 Å². The van der Waals surface area contributed by atoms with Crippen molar-refractivity contribution in [2.75, 3.05) is 24.5 Å². The molecule has 0 radical (unpaired) electrons. The SMILES string of the molecule is CC1CCN(c2ccc(CNC(=O)CNC(=O)c3ccoc3)cn2)CC1. The minimum atomic E-state index is -0.337. The molecule has 1 fully saturated rings. The highest BCUT2D eigenvalue weighted by atomic mass is 16.3. The van der Waals surface area contributed by atoms with Crippen LogP contribution < -0.4 is 15.5 Å². The van der Waals surface area contributed by atoms with Crippen LogP contribution in [0.3, 0.4) is 0 Å². The van der Waals surface area contributed by atoms with E-state index in [1.165, 1.54) is 25.4 Å². The Labute approximate surface area is 152 Å². The maximum Gasteiger partial charge on any atom is 0.254 e. The topological polar surface area (TPSA) is 87.5 Å². The molecule has 0 aliphatic carbocycles. The van der Waals surface area contributed by atoms with E-state index >= 15 is 0 Å². The monoisotopic (exact) mass is 356 g/mol. The van der Waals surface area contributed by atoms with Gasteiger partial charge in [-0.15, -0.1) is 0 Å². The number of pyridine rings is 1. The van der Waals surface area contributed by atoms with Crippen LogP contribution in [0.5, 0.6) is 0 Å². The van der Waals surface area contributed by atoms with E-state index in [9.17, 15) is 9.59 Å². The lowest BCUT2D eigenvalue weighted by atomic mass is 9.99. The highest BCUT2D eigenvalue weighted by molar-refractivity contribution is 5.96. The fourth-order valence-electron chi connectivity index (χ4n) is 2.87. The Morgan fingerprint density at radius 2 is 2.04 bits per heavy atom. The van der Waals surface area contributed by atoms with Gasteiger partial charge in [0.1, 0.15) is 12.1 Å². The van der Waals surface area contributed by atoms with Crippen molar-refractivity contribution in [3.05, 3.63) is 48.0 Å². The molecule has 2 aromatic heterocycles. The molecule has 0 spiro atoms. The van der Waals surface area contributed by atoms with Gasteiger partial charge in [0.15, 0.2) is 0 Å². The van der Waals surface area contributed by atoms with E-state index in [4.69, 9.17) is 4.42 Å². The van der Waals surface area contributed by atoms with E-state index in [0.29, 0.717) is 12.1 Å². The normalized spacial score (nSPS) is 14.9. The fourth-order valence-corrected chi connectivity index (χ4v) is 2.87.